The zero-order valence-corrected chi connectivity index (χ0v) is 31.0. The number of carbonyl (C=O) groups excluding carboxylic acids is 1. The number of hydrogen-bond acceptors (Lipinski definition) is 5. The van der Waals surface area contributed by atoms with Crippen LogP contribution >= 0.6 is 0 Å². The van der Waals surface area contributed by atoms with E-state index in [1.54, 1.807) is 0 Å². The van der Waals surface area contributed by atoms with Crippen molar-refractivity contribution in [2.75, 3.05) is 6.61 Å². The Labute approximate surface area is 291 Å². The fourth-order valence-corrected chi connectivity index (χ4v) is 7.74. The summed E-state index contributed by atoms with van der Waals surface area (Å²) in [5.74, 6) is -1.89. The van der Waals surface area contributed by atoms with E-state index in [0.29, 0.717) is 11.8 Å². The molecule has 2 aromatic rings. The zero-order chi connectivity index (χ0) is 35.3. The van der Waals surface area contributed by atoms with Crippen molar-refractivity contribution in [3.05, 3.63) is 41.5 Å². The van der Waals surface area contributed by atoms with Crippen molar-refractivity contribution >= 4 is 32.8 Å². The van der Waals surface area contributed by atoms with E-state index in [1.165, 1.54) is 146 Å². The topological polar surface area (TPSA) is 118 Å². The molecule has 272 valence electrons. The van der Waals surface area contributed by atoms with Gasteiger partial charge in [0.1, 0.15) is 4.90 Å². The molecule has 7 nitrogen and oxygen atoms in total. The molecule has 0 atom stereocenters. The van der Waals surface area contributed by atoms with Gasteiger partial charge in [-0.3, -0.25) is 4.55 Å². The molecule has 0 spiro atoms. The van der Waals surface area contributed by atoms with E-state index in [-0.39, 0.29) is 28.5 Å². The molecule has 0 aliphatic rings. The zero-order valence-electron chi connectivity index (χ0n) is 30.2. The first-order valence-corrected chi connectivity index (χ1v) is 20.5. The predicted molar refractivity (Wildman–Crippen MR) is 197 cm³/mol. The normalized spacial score (nSPS) is 12.1. The molecule has 8 heteroatoms. The van der Waals surface area contributed by atoms with Crippen molar-refractivity contribution in [1.82, 2.24) is 0 Å². The fourth-order valence-electron chi connectivity index (χ4n) is 7.00. The summed E-state index contributed by atoms with van der Waals surface area (Å²) < 4.78 is 38.9. The van der Waals surface area contributed by atoms with Crippen LogP contribution < -0.4 is 0 Å². The van der Waals surface area contributed by atoms with Crippen molar-refractivity contribution in [3.63, 3.8) is 0 Å². The van der Waals surface area contributed by atoms with Crippen LogP contribution in [0.15, 0.2) is 35.2 Å². The number of carboxylic acid groups (broad SMARTS) is 1. The third-order valence-electron chi connectivity index (χ3n) is 9.94. The van der Waals surface area contributed by atoms with E-state index in [4.69, 9.17) is 4.74 Å². The number of carbonyl (C=O) groups is 2. The summed E-state index contributed by atoms with van der Waals surface area (Å²) in [5, 5.41) is 9.62. The molecule has 0 unspecified atom stereocenters. The van der Waals surface area contributed by atoms with Gasteiger partial charge in [-0.15, -0.1) is 0 Å². The summed E-state index contributed by atoms with van der Waals surface area (Å²) >= 11 is 0. The van der Waals surface area contributed by atoms with Gasteiger partial charge < -0.3 is 9.84 Å². The lowest BCUT2D eigenvalue weighted by Gasteiger charge is -2.35. The highest BCUT2D eigenvalue weighted by molar-refractivity contribution is 7.86. The monoisotopic (exact) mass is 688 g/mol. The van der Waals surface area contributed by atoms with Crippen LogP contribution in [0.5, 0.6) is 0 Å². The minimum absolute atomic E-state index is 0.0491. The first-order chi connectivity index (χ1) is 23.1. The quantitative estimate of drug-likeness (QED) is 0.0519. The lowest BCUT2D eigenvalue weighted by atomic mass is 9.71. The molecule has 2 aromatic carbocycles. The summed E-state index contributed by atoms with van der Waals surface area (Å²) in [6, 6.07) is 6.29. The van der Waals surface area contributed by atoms with Crippen molar-refractivity contribution in [2.24, 2.45) is 5.41 Å². The third kappa shape index (κ3) is 15.4. The highest BCUT2D eigenvalue weighted by Gasteiger charge is 2.27. The molecule has 0 aliphatic heterocycles. The predicted octanol–water partition coefficient (Wildman–Crippen LogP) is 12.0. The minimum atomic E-state index is -4.64. The molecule has 0 amide bonds. The Kier molecular flexibility index (Phi) is 20.0. The SMILES string of the molecule is CCCCC(CCCC)(CCCC)CCCCCCCCCCCCCCCOC(=O)c1cc(S(=O)(=O)O)c2ccc(C(=O)O)cc2c1. The Bertz CT molecular complexity index is 1310. The van der Waals surface area contributed by atoms with Crippen LogP contribution in [0.1, 0.15) is 189 Å². The number of unbranched alkanes of at least 4 members (excludes halogenated alkanes) is 15. The highest BCUT2D eigenvalue weighted by Crippen LogP contribution is 2.41. The summed E-state index contributed by atoms with van der Waals surface area (Å²) in [7, 11) is -4.64. The average molecular weight is 689 g/mol. The van der Waals surface area contributed by atoms with Gasteiger partial charge >= 0.3 is 11.9 Å². The van der Waals surface area contributed by atoms with E-state index in [0.717, 1.165) is 25.3 Å². The molecule has 0 saturated heterocycles. The second-order valence-corrected chi connectivity index (χ2v) is 15.4. The largest absolute Gasteiger partial charge is 0.478 e. The van der Waals surface area contributed by atoms with Crippen molar-refractivity contribution in [1.29, 1.82) is 0 Å². The average Bonchev–Trinajstić information content (AvgIpc) is 3.07. The number of aromatic carboxylic acids is 1. The fraction of sp³-hybridized carbons (Fsp3) is 0.700. The van der Waals surface area contributed by atoms with Gasteiger partial charge in [0.25, 0.3) is 10.1 Å². The third-order valence-corrected chi connectivity index (χ3v) is 10.8. The summed E-state index contributed by atoms with van der Waals surface area (Å²) in [5.41, 5.74) is 0.506. The maximum Gasteiger partial charge on any atom is 0.338 e. The molecule has 48 heavy (non-hydrogen) atoms. The Hall–Kier alpha value is -2.45. The van der Waals surface area contributed by atoms with E-state index >= 15 is 0 Å². The minimum Gasteiger partial charge on any atom is -0.478 e. The number of carboxylic acids is 1. The number of esters is 1. The molecule has 0 fully saturated rings. The number of rotatable bonds is 28. The Balaban J connectivity index is 1.57. The Morgan fingerprint density at radius 3 is 1.52 bits per heavy atom. The molecule has 0 heterocycles. The second-order valence-electron chi connectivity index (χ2n) is 14.0. The van der Waals surface area contributed by atoms with Crippen molar-refractivity contribution in [3.8, 4) is 0 Å². The molecule has 2 rings (SSSR count). The molecule has 0 radical (unpaired) electrons. The van der Waals surface area contributed by atoms with Crippen molar-refractivity contribution < 1.29 is 32.4 Å². The first kappa shape index (κ1) is 41.7. The van der Waals surface area contributed by atoms with Crippen LogP contribution in [0, 0.1) is 5.41 Å². The van der Waals surface area contributed by atoms with Crippen LogP contribution in [-0.4, -0.2) is 36.6 Å². The maximum atomic E-state index is 12.6. The van der Waals surface area contributed by atoms with E-state index in [9.17, 15) is 27.7 Å². The lowest BCUT2D eigenvalue weighted by molar-refractivity contribution is 0.0497. The van der Waals surface area contributed by atoms with Gasteiger partial charge in [-0.25, -0.2) is 9.59 Å². The van der Waals surface area contributed by atoms with Crippen LogP contribution in [-0.2, 0) is 14.9 Å². The lowest BCUT2D eigenvalue weighted by Crippen LogP contribution is -2.21. The molecular weight excluding hydrogens is 625 g/mol. The van der Waals surface area contributed by atoms with Gasteiger partial charge in [-0.05, 0) is 67.2 Å². The molecule has 2 N–H and O–H groups in total. The number of ether oxygens (including phenoxy) is 1. The van der Waals surface area contributed by atoms with Gasteiger partial charge in [0.15, 0.2) is 0 Å². The van der Waals surface area contributed by atoms with Crippen LogP contribution in [0.4, 0.5) is 0 Å². The van der Waals surface area contributed by atoms with E-state index in [1.807, 2.05) is 0 Å². The Morgan fingerprint density at radius 2 is 1.06 bits per heavy atom. The van der Waals surface area contributed by atoms with Crippen LogP contribution in [0.3, 0.4) is 0 Å². The van der Waals surface area contributed by atoms with Crippen LogP contribution in [0.25, 0.3) is 10.8 Å². The number of benzene rings is 2. The van der Waals surface area contributed by atoms with Gasteiger partial charge in [-0.1, -0.05) is 142 Å². The standard InChI is InChI=1S/C40H64O7S/c1-4-7-25-40(26-8-5-2,27-9-6-3)28-21-19-17-15-13-11-10-12-14-16-18-20-22-29-47-39(43)35-31-34-30-33(38(41)42)23-24-36(34)37(32-35)48(44,45)46/h23-24,30-32H,4-22,25-29H2,1-3H3,(H,41,42)(H,44,45,46). The van der Waals surface area contributed by atoms with Crippen LogP contribution in [0.2, 0.25) is 0 Å². The molecule has 0 aliphatic carbocycles. The number of fused-ring (bicyclic) bond motifs is 1. The van der Waals surface area contributed by atoms with Gasteiger partial charge in [0.2, 0.25) is 0 Å². The molecule has 0 bridgehead atoms. The molecule has 0 saturated carbocycles. The maximum absolute atomic E-state index is 12.6. The first-order valence-electron chi connectivity index (χ1n) is 19.0. The summed E-state index contributed by atoms with van der Waals surface area (Å²) in [6.07, 6.45) is 29.8. The van der Waals surface area contributed by atoms with Gasteiger partial charge in [-0.2, -0.15) is 8.42 Å². The smallest absolute Gasteiger partial charge is 0.338 e. The van der Waals surface area contributed by atoms with Gasteiger partial charge in [0.05, 0.1) is 17.7 Å². The summed E-state index contributed by atoms with van der Waals surface area (Å²) in [4.78, 5) is 23.5. The number of hydrogen-bond donors (Lipinski definition) is 2. The van der Waals surface area contributed by atoms with E-state index < -0.39 is 27.0 Å². The molecular formula is C40H64O7S. The Morgan fingerprint density at radius 1 is 0.625 bits per heavy atom. The highest BCUT2D eigenvalue weighted by atomic mass is 32.2. The summed E-state index contributed by atoms with van der Waals surface area (Å²) in [6.45, 7) is 7.22. The molecule has 0 aromatic heterocycles. The van der Waals surface area contributed by atoms with Crippen molar-refractivity contribution in [2.45, 2.75) is 173 Å². The second kappa shape index (κ2) is 23.0. The van der Waals surface area contributed by atoms with Gasteiger partial charge in [0, 0.05) is 5.39 Å². The van der Waals surface area contributed by atoms with E-state index in [2.05, 4.69) is 20.8 Å².